The van der Waals surface area contributed by atoms with Gasteiger partial charge in [-0.3, -0.25) is 14.2 Å². The molecule has 0 aromatic heterocycles. The third kappa shape index (κ3) is 69.2. The van der Waals surface area contributed by atoms with E-state index in [1.807, 2.05) is 21.1 Å². The lowest BCUT2D eigenvalue weighted by atomic mass is 10.0. The monoisotopic (exact) mass is 1190 g/mol. The van der Waals surface area contributed by atoms with Crippen LogP contribution in [0.15, 0.2) is 36.5 Å². The second-order valence-electron chi connectivity index (χ2n) is 26.0. The average molecular weight is 1190 g/mol. The van der Waals surface area contributed by atoms with Gasteiger partial charge in [-0.05, 0) is 51.4 Å². The molecule has 0 saturated carbocycles. The number of rotatable bonds is 68. The van der Waals surface area contributed by atoms with Crippen LogP contribution in [0.2, 0.25) is 0 Å². The van der Waals surface area contributed by atoms with Gasteiger partial charge in [0.15, 0.2) is 6.10 Å². The Morgan fingerprint density at radius 1 is 0.373 bits per heavy atom. The summed E-state index contributed by atoms with van der Waals surface area (Å²) < 4.78 is 34.3. The fourth-order valence-corrected chi connectivity index (χ4v) is 11.6. The van der Waals surface area contributed by atoms with Crippen LogP contribution < -0.4 is 4.89 Å². The molecular formula is C73H140NO8P. The minimum atomic E-state index is -4.64. The maximum atomic E-state index is 12.8. The number of nitrogens with zero attached hydrogens (tertiary/aromatic N) is 1. The van der Waals surface area contributed by atoms with Crippen LogP contribution in [0.4, 0.5) is 0 Å². The second-order valence-corrected chi connectivity index (χ2v) is 27.4. The fourth-order valence-electron chi connectivity index (χ4n) is 10.8. The lowest BCUT2D eigenvalue weighted by Crippen LogP contribution is -2.37. The number of quaternary nitrogens is 1. The molecule has 0 aliphatic carbocycles. The number of hydrogen-bond acceptors (Lipinski definition) is 8. The van der Waals surface area contributed by atoms with Gasteiger partial charge in [0.25, 0.3) is 7.82 Å². The molecule has 0 aliphatic rings. The summed E-state index contributed by atoms with van der Waals surface area (Å²) in [5, 5.41) is 0. The highest BCUT2D eigenvalue weighted by Gasteiger charge is 2.22. The van der Waals surface area contributed by atoms with Crippen molar-refractivity contribution in [3.8, 4) is 0 Å². The van der Waals surface area contributed by atoms with Crippen molar-refractivity contribution in [3.63, 3.8) is 0 Å². The summed E-state index contributed by atoms with van der Waals surface area (Å²) in [6.07, 6.45) is 82.5. The largest absolute Gasteiger partial charge is 0.756 e. The lowest BCUT2D eigenvalue weighted by Gasteiger charge is -2.28. The Labute approximate surface area is 516 Å². The van der Waals surface area contributed by atoms with Gasteiger partial charge in [0.1, 0.15) is 19.8 Å². The van der Waals surface area contributed by atoms with Gasteiger partial charge in [0.05, 0.1) is 27.7 Å². The number of hydrogen-bond donors (Lipinski definition) is 0. The van der Waals surface area contributed by atoms with Crippen molar-refractivity contribution in [1.29, 1.82) is 0 Å². The Bertz CT molecular complexity index is 1490. The number of unbranched alkanes of at least 4 members (excludes halogenated alkanes) is 48. The normalized spacial score (nSPS) is 13.3. The molecule has 0 bridgehead atoms. The van der Waals surface area contributed by atoms with Crippen molar-refractivity contribution in [1.82, 2.24) is 0 Å². The van der Waals surface area contributed by atoms with Crippen molar-refractivity contribution < 1.29 is 42.1 Å². The van der Waals surface area contributed by atoms with Crippen LogP contribution >= 0.6 is 7.82 Å². The molecule has 10 heteroatoms. The molecule has 0 aromatic carbocycles. The van der Waals surface area contributed by atoms with E-state index in [9.17, 15) is 19.0 Å². The second kappa shape index (κ2) is 64.7. The van der Waals surface area contributed by atoms with Crippen molar-refractivity contribution in [3.05, 3.63) is 36.5 Å². The minimum Gasteiger partial charge on any atom is -0.756 e. The molecule has 0 amide bonds. The van der Waals surface area contributed by atoms with Gasteiger partial charge in [-0.2, -0.15) is 0 Å². The Morgan fingerprint density at radius 3 is 0.964 bits per heavy atom. The summed E-state index contributed by atoms with van der Waals surface area (Å²) in [7, 11) is 1.18. The van der Waals surface area contributed by atoms with E-state index < -0.39 is 26.5 Å². The first-order valence-electron chi connectivity index (χ1n) is 36.2. The molecule has 0 saturated heterocycles. The molecule has 0 aliphatic heterocycles. The summed E-state index contributed by atoms with van der Waals surface area (Å²) in [6, 6.07) is 0. The number of allylic oxidation sites excluding steroid dienone is 6. The highest BCUT2D eigenvalue weighted by molar-refractivity contribution is 7.45. The van der Waals surface area contributed by atoms with E-state index in [-0.39, 0.29) is 32.0 Å². The Balaban J connectivity index is 3.94. The van der Waals surface area contributed by atoms with Crippen molar-refractivity contribution in [2.24, 2.45) is 0 Å². The topological polar surface area (TPSA) is 111 Å². The molecule has 490 valence electrons. The first-order valence-corrected chi connectivity index (χ1v) is 37.7. The zero-order valence-electron chi connectivity index (χ0n) is 55.9. The van der Waals surface area contributed by atoms with E-state index in [1.54, 1.807) is 0 Å². The third-order valence-corrected chi connectivity index (χ3v) is 17.4. The van der Waals surface area contributed by atoms with Crippen LogP contribution in [-0.2, 0) is 32.7 Å². The standard InChI is InChI=1S/C73H140NO8P/c1-6-8-10-12-14-16-18-20-22-24-26-28-30-31-32-33-34-35-36-37-38-39-40-41-42-44-45-47-49-51-53-55-57-59-61-63-65-72(75)79-69-71(70-81-83(77,78)80-68-67-74(3,4)5)82-73(76)66-64-62-60-58-56-54-52-50-48-46-43-29-27-25-23-21-19-17-15-13-11-9-7-2/h19,21,25,27,43,46,71H,6-18,20,22-24,26,28-42,44-45,47-70H2,1-5H3/b21-19-,27-25-,46-43-. The SMILES string of the molecule is CCCCCCC/C=C\C/C=C\C/C=C\CCCCCCCCCCC(=O)OC(COC(=O)CCCCCCCCCCCCCCCCCCCCCCCCCCCCCCCCCCCCCC)COP(=O)([O-])OCC[N+](C)(C)C. The molecule has 0 N–H and O–H groups in total. The Kier molecular flexibility index (Phi) is 63.3. The van der Waals surface area contributed by atoms with Crippen LogP contribution in [0.5, 0.6) is 0 Å². The van der Waals surface area contributed by atoms with E-state index in [0.717, 1.165) is 57.8 Å². The molecule has 2 atom stereocenters. The van der Waals surface area contributed by atoms with Gasteiger partial charge in [-0.15, -0.1) is 0 Å². The van der Waals surface area contributed by atoms with Gasteiger partial charge >= 0.3 is 11.9 Å². The average Bonchev–Trinajstić information content (AvgIpc) is 3.49. The van der Waals surface area contributed by atoms with Gasteiger partial charge < -0.3 is 27.9 Å². The predicted octanol–water partition coefficient (Wildman–Crippen LogP) is 22.8. The quantitative estimate of drug-likeness (QED) is 0.0195. The predicted molar refractivity (Wildman–Crippen MR) is 356 cm³/mol. The highest BCUT2D eigenvalue weighted by Crippen LogP contribution is 2.38. The summed E-state index contributed by atoms with van der Waals surface area (Å²) in [6.45, 7) is 4.28. The van der Waals surface area contributed by atoms with Crippen molar-refractivity contribution >= 4 is 19.8 Å². The highest BCUT2D eigenvalue weighted by atomic mass is 31.2. The molecule has 0 spiro atoms. The maximum absolute atomic E-state index is 12.8. The van der Waals surface area contributed by atoms with E-state index in [4.69, 9.17) is 18.5 Å². The number of phosphoric ester groups is 1. The smallest absolute Gasteiger partial charge is 0.306 e. The summed E-state index contributed by atoms with van der Waals surface area (Å²) in [5.41, 5.74) is 0. The molecule has 83 heavy (non-hydrogen) atoms. The van der Waals surface area contributed by atoms with Crippen LogP contribution in [-0.4, -0.2) is 70.0 Å². The number of likely N-dealkylation sites (N-methyl/N-ethyl adjacent to an activating group) is 1. The number of carbonyl (C=O) groups excluding carboxylic acids is 2. The molecule has 2 unspecified atom stereocenters. The first-order chi connectivity index (χ1) is 40.5. The zero-order valence-corrected chi connectivity index (χ0v) is 56.8. The Hall–Kier alpha value is -1.77. The number of esters is 2. The van der Waals surface area contributed by atoms with Crippen LogP contribution in [0.3, 0.4) is 0 Å². The van der Waals surface area contributed by atoms with E-state index in [2.05, 4.69) is 50.3 Å². The van der Waals surface area contributed by atoms with Crippen molar-refractivity contribution in [2.75, 3.05) is 47.5 Å². The van der Waals surface area contributed by atoms with E-state index in [1.165, 1.54) is 276 Å². The molecule has 0 fully saturated rings. The third-order valence-electron chi connectivity index (χ3n) is 16.4. The van der Waals surface area contributed by atoms with E-state index >= 15 is 0 Å². The van der Waals surface area contributed by atoms with Gasteiger partial charge in [0.2, 0.25) is 0 Å². The molecule has 9 nitrogen and oxygen atoms in total. The molecular weight excluding hydrogens is 1050 g/mol. The number of ether oxygens (including phenoxy) is 2. The van der Waals surface area contributed by atoms with E-state index in [0.29, 0.717) is 17.4 Å². The molecule has 0 radical (unpaired) electrons. The molecule has 0 heterocycles. The first kappa shape index (κ1) is 81.2. The van der Waals surface area contributed by atoms with Crippen LogP contribution in [0.25, 0.3) is 0 Å². The van der Waals surface area contributed by atoms with Crippen LogP contribution in [0, 0.1) is 0 Å². The molecule has 0 rings (SSSR count). The summed E-state index contributed by atoms with van der Waals surface area (Å²) in [4.78, 5) is 38.0. The summed E-state index contributed by atoms with van der Waals surface area (Å²) in [5.74, 6) is -0.824. The van der Waals surface area contributed by atoms with Crippen molar-refractivity contribution in [2.45, 2.75) is 373 Å². The van der Waals surface area contributed by atoms with Gasteiger partial charge in [-0.1, -0.05) is 339 Å². The fraction of sp³-hybridized carbons (Fsp3) is 0.890. The minimum absolute atomic E-state index is 0.0309. The van der Waals surface area contributed by atoms with Crippen LogP contribution in [0.1, 0.15) is 367 Å². The van der Waals surface area contributed by atoms with Gasteiger partial charge in [-0.25, -0.2) is 0 Å². The summed E-state index contributed by atoms with van der Waals surface area (Å²) >= 11 is 0. The van der Waals surface area contributed by atoms with Gasteiger partial charge in [0, 0.05) is 12.8 Å². The number of phosphoric acid groups is 1. The lowest BCUT2D eigenvalue weighted by molar-refractivity contribution is -0.870. The number of carbonyl (C=O) groups is 2. The zero-order chi connectivity index (χ0) is 60.5. The maximum Gasteiger partial charge on any atom is 0.306 e. The molecule has 0 aromatic rings. The Morgan fingerprint density at radius 2 is 0.651 bits per heavy atom.